The van der Waals surface area contributed by atoms with Gasteiger partial charge in [0.1, 0.15) is 12.1 Å². The number of alkyl halides is 1. The van der Waals surface area contributed by atoms with Crippen LogP contribution in [-0.4, -0.2) is 29.5 Å². The third-order valence-electron chi connectivity index (χ3n) is 3.81. The Morgan fingerprint density at radius 2 is 2.11 bits per heavy atom. The van der Waals surface area contributed by atoms with Crippen LogP contribution in [0.2, 0.25) is 0 Å². The lowest BCUT2D eigenvalue weighted by atomic mass is 9.88. The second kappa shape index (κ2) is 5.74. The maximum absolute atomic E-state index is 6.13. The molecular formula is C13H20ClN3O. The van der Waals surface area contributed by atoms with Crippen LogP contribution >= 0.6 is 11.6 Å². The minimum Gasteiger partial charge on any atom is -0.481 e. The molecule has 18 heavy (non-hydrogen) atoms. The van der Waals surface area contributed by atoms with Crippen molar-refractivity contribution in [1.82, 2.24) is 9.97 Å². The number of nitrogens with zero attached hydrogens (tertiary/aromatic N) is 2. The van der Waals surface area contributed by atoms with Gasteiger partial charge in [-0.05, 0) is 19.8 Å². The fourth-order valence-electron chi connectivity index (χ4n) is 2.57. The Balaban J connectivity index is 2.05. The molecule has 0 unspecified atom stereocenters. The molecule has 0 radical (unpaired) electrons. The van der Waals surface area contributed by atoms with Crippen molar-refractivity contribution in [2.75, 3.05) is 24.9 Å². The monoisotopic (exact) mass is 269 g/mol. The second-order valence-corrected chi connectivity index (χ2v) is 5.32. The quantitative estimate of drug-likeness (QED) is 0.835. The van der Waals surface area contributed by atoms with Crippen molar-refractivity contribution in [3.8, 4) is 5.88 Å². The number of ether oxygens (including phenoxy) is 1. The van der Waals surface area contributed by atoms with Crippen LogP contribution < -0.4 is 10.1 Å². The van der Waals surface area contributed by atoms with Gasteiger partial charge >= 0.3 is 0 Å². The van der Waals surface area contributed by atoms with Crippen LogP contribution in [0.25, 0.3) is 0 Å². The summed E-state index contributed by atoms with van der Waals surface area (Å²) in [5.41, 5.74) is 1.18. The third-order valence-corrected chi connectivity index (χ3v) is 4.38. The molecule has 1 aliphatic rings. The Bertz CT molecular complexity index is 405. The topological polar surface area (TPSA) is 47.0 Å². The van der Waals surface area contributed by atoms with Crippen LogP contribution in [0.5, 0.6) is 5.88 Å². The number of nitrogens with one attached hydrogen (secondary N) is 1. The molecule has 0 spiro atoms. The number of hydrogen-bond acceptors (Lipinski definition) is 4. The first kappa shape index (κ1) is 13.4. The molecule has 1 aromatic rings. The first-order valence-electron chi connectivity index (χ1n) is 6.36. The Hall–Kier alpha value is -1.03. The summed E-state index contributed by atoms with van der Waals surface area (Å²) in [6.07, 6.45) is 6.48. The highest BCUT2D eigenvalue weighted by atomic mass is 35.5. The molecule has 1 aliphatic carbocycles. The summed E-state index contributed by atoms with van der Waals surface area (Å²) in [6, 6.07) is 0. The minimum absolute atomic E-state index is 0.228. The summed E-state index contributed by atoms with van der Waals surface area (Å²) >= 11 is 6.13. The highest BCUT2D eigenvalue weighted by Crippen LogP contribution is 2.39. The van der Waals surface area contributed by atoms with Gasteiger partial charge in [-0.2, -0.15) is 0 Å². The van der Waals surface area contributed by atoms with E-state index < -0.39 is 0 Å². The number of anilines is 1. The molecule has 1 heterocycles. The van der Waals surface area contributed by atoms with Crippen molar-refractivity contribution in [2.24, 2.45) is 5.41 Å². The van der Waals surface area contributed by atoms with E-state index in [0.717, 1.165) is 17.9 Å². The van der Waals surface area contributed by atoms with Gasteiger partial charge in [0.15, 0.2) is 0 Å². The van der Waals surface area contributed by atoms with E-state index in [1.807, 2.05) is 6.92 Å². The van der Waals surface area contributed by atoms with E-state index in [4.69, 9.17) is 16.3 Å². The first-order chi connectivity index (χ1) is 8.71. The van der Waals surface area contributed by atoms with Crippen molar-refractivity contribution in [3.63, 3.8) is 0 Å². The van der Waals surface area contributed by atoms with Gasteiger partial charge in [0.2, 0.25) is 5.88 Å². The van der Waals surface area contributed by atoms with Crippen molar-refractivity contribution in [2.45, 2.75) is 32.6 Å². The molecule has 1 N–H and O–H groups in total. The molecule has 1 fully saturated rings. The van der Waals surface area contributed by atoms with Crippen LogP contribution in [0.1, 0.15) is 31.2 Å². The van der Waals surface area contributed by atoms with E-state index in [9.17, 15) is 0 Å². The molecule has 4 nitrogen and oxygen atoms in total. The molecule has 1 aromatic heterocycles. The number of halogens is 1. The zero-order chi connectivity index (χ0) is 13.0. The van der Waals surface area contributed by atoms with Gasteiger partial charge in [0.05, 0.1) is 12.7 Å². The number of methoxy groups -OCH3 is 1. The van der Waals surface area contributed by atoms with Gasteiger partial charge in [-0.25, -0.2) is 9.97 Å². The standard InChI is InChI=1S/C13H20ClN3O/c1-10-11(16-9-17-12(10)18-2)15-8-13(7-14)5-3-4-6-13/h9H,3-8H2,1-2H3,(H,15,16,17). The summed E-state index contributed by atoms with van der Waals surface area (Å²) in [5.74, 6) is 2.18. The zero-order valence-corrected chi connectivity index (χ0v) is 11.8. The SMILES string of the molecule is COc1ncnc(NCC2(CCl)CCCC2)c1C. The highest BCUT2D eigenvalue weighted by Gasteiger charge is 2.33. The Morgan fingerprint density at radius 3 is 2.72 bits per heavy atom. The first-order valence-corrected chi connectivity index (χ1v) is 6.90. The van der Waals surface area contributed by atoms with E-state index in [1.165, 1.54) is 32.0 Å². The van der Waals surface area contributed by atoms with Crippen LogP contribution in [-0.2, 0) is 0 Å². The van der Waals surface area contributed by atoms with E-state index >= 15 is 0 Å². The Morgan fingerprint density at radius 1 is 1.39 bits per heavy atom. The van der Waals surface area contributed by atoms with Crippen LogP contribution in [0.15, 0.2) is 6.33 Å². The summed E-state index contributed by atoms with van der Waals surface area (Å²) in [7, 11) is 1.62. The Kier molecular flexibility index (Phi) is 4.27. The average Bonchev–Trinajstić information content (AvgIpc) is 2.87. The fourth-order valence-corrected chi connectivity index (χ4v) is 2.93. The smallest absolute Gasteiger partial charge is 0.221 e. The van der Waals surface area contributed by atoms with Gasteiger partial charge in [-0.1, -0.05) is 12.8 Å². The average molecular weight is 270 g/mol. The summed E-state index contributed by atoms with van der Waals surface area (Å²) in [4.78, 5) is 8.34. The van der Waals surface area contributed by atoms with Gasteiger partial charge in [0.25, 0.3) is 0 Å². The highest BCUT2D eigenvalue weighted by molar-refractivity contribution is 6.18. The van der Waals surface area contributed by atoms with Crippen molar-refractivity contribution >= 4 is 17.4 Å². The van der Waals surface area contributed by atoms with Crippen molar-refractivity contribution in [3.05, 3.63) is 11.9 Å². The molecule has 1 saturated carbocycles. The van der Waals surface area contributed by atoms with Gasteiger partial charge in [-0.15, -0.1) is 11.6 Å². The van der Waals surface area contributed by atoms with Gasteiger partial charge < -0.3 is 10.1 Å². The van der Waals surface area contributed by atoms with Crippen LogP contribution in [0, 0.1) is 12.3 Å². The van der Waals surface area contributed by atoms with Crippen molar-refractivity contribution in [1.29, 1.82) is 0 Å². The van der Waals surface area contributed by atoms with Crippen LogP contribution in [0.3, 0.4) is 0 Å². The lowest BCUT2D eigenvalue weighted by Gasteiger charge is -2.27. The summed E-state index contributed by atoms with van der Waals surface area (Å²) in [6.45, 7) is 2.83. The third kappa shape index (κ3) is 2.69. The normalized spacial score (nSPS) is 17.7. The lowest BCUT2D eigenvalue weighted by Crippen LogP contribution is -2.29. The lowest BCUT2D eigenvalue weighted by molar-refractivity contribution is 0.367. The van der Waals surface area contributed by atoms with Gasteiger partial charge in [0, 0.05) is 17.8 Å². The number of hydrogen-bond donors (Lipinski definition) is 1. The summed E-state index contributed by atoms with van der Waals surface area (Å²) in [5, 5.41) is 3.41. The van der Waals surface area contributed by atoms with Crippen LogP contribution in [0.4, 0.5) is 5.82 Å². The van der Waals surface area contributed by atoms with E-state index in [2.05, 4.69) is 15.3 Å². The minimum atomic E-state index is 0.228. The van der Waals surface area contributed by atoms with E-state index in [-0.39, 0.29) is 5.41 Å². The maximum atomic E-state index is 6.13. The molecule has 0 atom stereocenters. The van der Waals surface area contributed by atoms with Gasteiger partial charge in [-0.3, -0.25) is 0 Å². The predicted molar refractivity (Wildman–Crippen MR) is 73.4 cm³/mol. The molecule has 5 heteroatoms. The molecule has 0 amide bonds. The second-order valence-electron chi connectivity index (χ2n) is 5.05. The zero-order valence-electron chi connectivity index (χ0n) is 11.0. The predicted octanol–water partition coefficient (Wildman–Crippen LogP) is 3.00. The largest absolute Gasteiger partial charge is 0.481 e. The number of rotatable bonds is 5. The summed E-state index contributed by atoms with van der Waals surface area (Å²) < 4.78 is 5.19. The van der Waals surface area contributed by atoms with Crippen molar-refractivity contribution < 1.29 is 4.74 Å². The molecular weight excluding hydrogens is 250 g/mol. The molecule has 0 saturated heterocycles. The maximum Gasteiger partial charge on any atom is 0.221 e. The Labute approximate surface area is 113 Å². The molecule has 0 aromatic carbocycles. The molecule has 100 valence electrons. The molecule has 2 rings (SSSR count). The fraction of sp³-hybridized carbons (Fsp3) is 0.692. The van der Waals surface area contributed by atoms with E-state index in [0.29, 0.717) is 11.8 Å². The van der Waals surface area contributed by atoms with E-state index in [1.54, 1.807) is 7.11 Å². The molecule has 0 bridgehead atoms. The number of aromatic nitrogens is 2. The molecule has 0 aliphatic heterocycles.